The normalized spacial score (nSPS) is 31.1. The molecule has 8 heteroatoms. The van der Waals surface area contributed by atoms with Gasteiger partial charge in [-0.3, -0.25) is 9.59 Å². The Morgan fingerprint density at radius 1 is 1.31 bits per heavy atom. The molecule has 0 aromatic heterocycles. The van der Waals surface area contributed by atoms with Gasteiger partial charge in [-0.25, -0.2) is 0 Å². The number of hydrogen-bond donors (Lipinski definition) is 1. The van der Waals surface area contributed by atoms with Crippen LogP contribution in [0, 0.1) is 23.2 Å². The number of halogens is 3. The van der Waals surface area contributed by atoms with Crippen LogP contribution in [0.2, 0.25) is 19.6 Å². The van der Waals surface area contributed by atoms with E-state index in [0.29, 0.717) is 24.7 Å². The molecule has 2 aliphatic rings. The van der Waals surface area contributed by atoms with Gasteiger partial charge in [-0.1, -0.05) is 13.8 Å². The van der Waals surface area contributed by atoms with Crippen molar-refractivity contribution >= 4 is 20.0 Å². The molecule has 5 atom stereocenters. The molecule has 2 fully saturated rings. The highest BCUT2D eigenvalue weighted by molar-refractivity contribution is 6.69. The Morgan fingerprint density at radius 3 is 2.48 bits per heavy atom. The molecule has 0 saturated heterocycles. The first-order valence-electron chi connectivity index (χ1n) is 10.7. The Bertz CT molecular complexity index is 634. The number of Topliss-reactive ketones (excluding diaryl/α,β-unsaturated/α-hetero) is 1. The molecule has 168 valence electrons. The van der Waals surface area contributed by atoms with Gasteiger partial charge in [0.1, 0.15) is 5.78 Å². The molecule has 0 bridgehead atoms. The fourth-order valence-electron chi connectivity index (χ4n) is 5.56. The number of ketones is 1. The summed E-state index contributed by atoms with van der Waals surface area (Å²) in [5, 5.41) is 2.71. The molecule has 0 unspecified atom stereocenters. The van der Waals surface area contributed by atoms with Crippen molar-refractivity contribution in [1.82, 2.24) is 5.32 Å². The van der Waals surface area contributed by atoms with E-state index in [2.05, 4.69) is 12.2 Å². The van der Waals surface area contributed by atoms with Gasteiger partial charge in [0.25, 0.3) is 0 Å². The second-order valence-electron chi connectivity index (χ2n) is 10.5. The lowest BCUT2D eigenvalue weighted by Crippen LogP contribution is -2.53. The van der Waals surface area contributed by atoms with Gasteiger partial charge in [0.05, 0.1) is 6.42 Å². The van der Waals surface area contributed by atoms with Crippen molar-refractivity contribution in [3.05, 3.63) is 0 Å². The van der Waals surface area contributed by atoms with Gasteiger partial charge < -0.3 is 9.74 Å². The molecular weight excluding hydrogens is 399 g/mol. The smallest absolute Gasteiger partial charge is 0.403 e. The summed E-state index contributed by atoms with van der Waals surface area (Å²) in [7, 11) is -2.50. The molecule has 1 amide bonds. The monoisotopic (exact) mass is 435 g/mol. The van der Waals surface area contributed by atoms with Crippen molar-refractivity contribution in [3.63, 3.8) is 0 Å². The van der Waals surface area contributed by atoms with Gasteiger partial charge in [-0.15, -0.1) is 0 Å². The summed E-state index contributed by atoms with van der Waals surface area (Å²) in [6.45, 7) is 10.5. The summed E-state index contributed by atoms with van der Waals surface area (Å²) in [5.74, 6) is 0.202. The molecule has 29 heavy (non-hydrogen) atoms. The second kappa shape index (κ2) is 8.33. The maximum absolute atomic E-state index is 13.6. The lowest BCUT2D eigenvalue weighted by atomic mass is 9.62. The molecule has 0 radical (unpaired) electrons. The minimum absolute atomic E-state index is 0.0547. The number of alkyl halides is 3. The number of nitrogens with one attached hydrogen (secondary N) is 1. The number of hydrogen-bond acceptors (Lipinski definition) is 3. The number of rotatable bonds is 7. The molecule has 2 rings (SSSR count). The van der Waals surface area contributed by atoms with Crippen molar-refractivity contribution in [2.24, 2.45) is 23.2 Å². The summed E-state index contributed by atoms with van der Waals surface area (Å²) >= 11 is 0. The Kier molecular flexibility index (Phi) is 7.00. The number of amides is 1. The van der Waals surface area contributed by atoms with Gasteiger partial charge >= 0.3 is 6.18 Å². The lowest BCUT2D eigenvalue weighted by Gasteiger charge is -2.42. The maximum Gasteiger partial charge on any atom is 0.416 e. The van der Waals surface area contributed by atoms with E-state index < -0.39 is 32.4 Å². The van der Waals surface area contributed by atoms with Crippen LogP contribution in [0.15, 0.2) is 0 Å². The SMILES string of the molecule is C[C@H](CNC(=O)C[C@](C)(O[Si](C)(C)C)C(F)(F)F)[C@H]1CC[C@H]2C(=O)CCC[C@@]12C. The molecule has 1 N–H and O–H groups in total. The van der Waals surface area contributed by atoms with E-state index in [0.717, 1.165) is 32.6 Å². The fraction of sp³-hybridized carbons (Fsp3) is 0.905. The molecule has 0 spiro atoms. The molecule has 0 aliphatic heterocycles. The van der Waals surface area contributed by atoms with Crippen LogP contribution in [-0.4, -0.2) is 38.3 Å². The fourth-order valence-corrected chi connectivity index (χ4v) is 7.10. The third-order valence-electron chi connectivity index (χ3n) is 6.87. The highest BCUT2D eigenvalue weighted by Gasteiger charge is 2.55. The zero-order valence-corrected chi connectivity index (χ0v) is 19.5. The van der Waals surface area contributed by atoms with Crippen molar-refractivity contribution in [1.29, 1.82) is 0 Å². The van der Waals surface area contributed by atoms with Crippen molar-refractivity contribution < 1.29 is 27.2 Å². The topological polar surface area (TPSA) is 55.4 Å². The summed E-state index contributed by atoms with van der Waals surface area (Å²) in [6.07, 6.45) is -0.980. The minimum Gasteiger partial charge on any atom is -0.403 e. The van der Waals surface area contributed by atoms with E-state index >= 15 is 0 Å². The summed E-state index contributed by atoms with van der Waals surface area (Å²) in [6, 6.07) is 0. The van der Waals surface area contributed by atoms with Gasteiger partial charge in [0.15, 0.2) is 13.9 Å². The van der Waals surface area contributed by atoms with Crippen LogP contribution in [-0.2, 0) is 14.0 Å². The average Bonchev–Trinajstić information content (AvgIpc) is 2.88. The Labute approximate surface area is 173 Å². The minimum atomic E-state index is -4.62. The molecule has 0 aromatic rings. The quantitative estimate of drug-likeness (QED) is 0.567. The molecular formula is C21H36F3NO3Si. The molecule has 2 saturated carbocycles. The average molecular weight is 436 g/mol. The lowest BCUT2D eigenvalue weighted by molar-refractivity contribution is -0.246. The third kappa shape index (κ3) is 5.43. The van der Waals surface area contributed by atoms with Crippen molar-refractivity contribution in [3.8, 4) is 0 Å². The van der Waals surface area contributed by atoms with E-state index in [9.17, 15) is 22.8 Å². The molecule has 0 heterocycles. The van der Waals surface area contributed by atoms with Crippen LogP contribution in [0.4, 0.5) is 13.2 Å². The zero-order chi connectivity index (χ0) is 22.3. The standard InChI is InChI=1S/C21H36F3NO3Si/c1-14(15-9-10-16-17(26)8-7-11-19(15,16)2)13-25-18(27)12-20(3,21(22,23)24)28-29(4,5)6/h14-16H,7-13H2,1-6H3,(H,25,27)/t14-,15-,16+,19+,20+/m1/s1. The Balaban J connectivity index is 1.98. The molecule has 0 aromatic carbocycles. The van der Waals surface area contributed by atoms with E-state index in [4.69, 9.17) is 4.43 Å². The van der Waals surface area contributed by atoms with Crippen LogP contribution >= 0.6 is 0 Å². The summed E-state index contributed by atoms with van der Waals surface area (Å²) < 4.78 is 46.2. The highest BCUT2D eigenvalue weighted by Crippen LogP contribution is 2.56. The number of carbonyl (C=O) groups is 2. The highest BCUT2D eigenvalue weighted by atomic mass is 28.4. The largest absolute Gasteiger partial charge is 0.416 e. The van der Waals surface area contributed by atoms with Crippen molar-refractivity contribution in [2.75, 3.05) is 6.54 Å². The first kappa shape index (κ1) is 24.4. The van der Waals surface area contributed by atoms with Gasteiger partial charge in [0.2, 0.25) is 5.91 Å². The first-order chi connectivity index (χ1) is 13.1. The first-order valence-corrected chi connectivity index (χ1v) is 14.1. The number of carbonyl (C=O) groups excluding carboxylic acids is 2. The summed E-state index contributed by atoms with van der Waals surface area (Å²) in [4.78, 5) is 24.7. The Hall–Kier alpha value is -0.893. The number of fused-ring (bicyclic) bond motifs is 1. The van der Waals surface area contributed by atoms with E-state index in [1.54, 1.807) is 19.6 Å². The Morgan fingerprint density at radius 2 is 1.93 bits per heavy atom. The third-order valence-corrected chi connectivity index (χ3v) is 7.94. The van der Waals surface area contributed by atoms with Crippen LogP contribution in [0.25, 0.3) is 0 Å². The van der Waals surface area contributed by atoms with E-state index in [1.807, 2.05) is 6.92 Å². The predicted octanol–water partition coefficient (Wildman–Crippen LogP) is 5.09. The zero-order valence-electron chi connectivity index (χ0n) is 18.5. The molecule has 4 nitrogen and oxygen atoms in total. The predicted molar refractivity (Wildman–Crippen MR) is 109 cm³/mol. The maximum atomic E-state index is 13.6. The van der Waals surface area contributed by atoms with Gasteiger partial charge in [-0.2, -0.15) is 13.2 Å². The van der Waals surface area contributed by atoms with E-state index in [1.165, 1.54) is 0 Å². The van der Waals surface area contributed by atoms with Crippen LogP contribution in [0.1, 0.15) is 59.3 Å². The molecule has 2 aliphatic carbocycles. The summed E-state index contributed by atoms with van der Waals surface area (Å²) in [5.41, 5.74) is -2.54. The van der Waals surface area contributed by atoms with Crippen LogP contribution < -0.4 is 5.32 Å². The van der Waals surface area contributed by atoms with E-state index in [-0.39, 0.29) is 17.3 Å². The van der Waals surface area contributed by atoms with Gasteiger partial charge in [0, 0.05) is 18.9 Å². The van der Waals surface area contributed by atoms with Crippen LogP contribution in [0.3, 0.4) is 0 Å². The van der Waals surface area contributed by atoms with Crippen molar-refractivity contribution in [2.45, 2.75) is 90.7 Å². The second-order valence-corrected chi connectivity index (χ2v) is 14.9. The van der Waals surface area contributed by atoms with Crippen LogP contribution in [0.5, 0.6) is 0 Å². The van der Waals surface area contributed by atoms with Gasteiger partial charge in [-0.05, 0) is 69.5 Å².